The Labute approximate surface area is 83.0 Å². The van der Waals surface area contributed by atoms with Crippen LogP contribution in [0.5, 0.6) is 11.5 Å². The highest BCUT2D eigenvalue weighted by Gasteiger charge is 1.94. The van der Waals surface area contributed by atoms with Crippen molar-refractivity contribution in [3.8, 4) is 11.5 Å². The number of ether oxygens (including phenoxy) is 2. The first-order chi connectivity index (χ1) is 6.72. The van der Waals surface area contributed by atoms with E-state index >= 15 is 0 Å². The zero-order chi connectivity index (χ0) is 10.4. The largest absolute Gasteiger partial charge is 0.497 e. The van der Waals surface area contributed by atoms with Crippen LogP contribution >= 0.6 is 0 Å². The average molecular weight is 196 g/mol. The summed E-state index contributed by atoms with van der Waals surface area (Å²) >= 11 is 0. The van der Waals surface area contributed by atoms with Crippen LogP contribution in [-0.2, 0) is 0 Å². The molecule has 1 aromatic carbocycles. The van der Waals surface area contributed by atoms with Gasteiger partial charge in [0.05, 0.1) is 12.9 Å². The van der Waals surface area contributed by atoms with E-state index in [0.29, 0.717) is 5.75 Å². The van der Waals surface area contributed by atoms with Crippen molar-refractivity contribution in [2.75, 3.05) is 13.7 Å². The van der Waals surface area contributed by atoms with Crippen molar-refractivity contribution in [3.63, 3.8) is 0 Å². The molecule has 0 radical (unpaired) electrons. The minimum absolute atomic E-state index is 0.232. The molecule has 0 aliphatic rings. The number of hydrogen-bond donors (Lipinski definition) is 0. The number of hydrogen-bond acceptors (Lipinski definition) is 2. The molecule has 0 amide bonds. The fraction of sp³-hybridized carbons (Fsp3) is 0.273. The Morgan fingerprint density at radius 1 is 1.43 bits per heavy atom. The maximum absolute atomic E-state index is 12.3. The van der Waals surface area contributed by atoms with Crippen LogP contribution in [0.2, 0.25) is 0 Å². The van der Waals surface area contributed by atoms with Crippen molar-refractivity contribution in [2.24, 2.45) is 0 Å². The van der Waals surface area contributed by atoms with E-state index in [2.05, 4.69) is 0 Å². The van der Waals surface area contributed by atoms with Gasteiger partial charge in [-0.15, -0.1) is 0 Å². The predicted octanol–water partition coefficient (Wildman–Crippen LogP) is 2.95. The zero-order valence-corrected chi connectivity index (χ0v) is 8.29. The molecule has 14 heavy (non-hydrogen) atoms. The molecule has 3 heteroatoms. The third kappa shape index (κ3) is 3.47. The predicted molar refractivity (Wildman–Crippen MR) is 53.4 cm³/mol. The van der Waals surface area contributed by atoms with Crippen LogP contribution in [0.4, 0.5) is 4.39 Å². The quantitative estimate of drug-likeness (QED) is 0.737. The molecule has 0 saturated carbocycles. The van der Waals surface area contributed by atoms with Crippen molar-refractivity contribution < 1.29 is 13.9 Å². The molecule has 0 atom stereocenters. The summed E-state index contributed by atoms with van der Waals surface area (Å²) in [6.07, 6.45) is 1.37. The maximum atomic E-state index is 12.3. The summed E-state index contributed by atoms with van der Waals surface area (Å²) in [4.78, 5) is 0. The molecule has 2 nitrogen and oxygen atoms in total. The second-order valence-corrected chi connectivity index (χ2v) is 2.78. The summed E-state index contributed by atoms with van der Waals surface area (Å²) in [6.45, 7) is 1.62. The lowest BCUT2D eigenvalue weighted by molar-refractivity contribution is 0.353. The van der Waals surface area contributed by atoms with Gasteiger partial charge in [0.15, 0.2) is 0 Å². The van der Waals surface area contributed by atoms with Crippen molar-refractivity contribution >= 4 is 0 Å². The van der Waals surface area contributed by atoms with Gasteiger partial charge >= 0.3 is 0 Å². The molecule has 0 fully saturated rings. The third-order valence-electron chi connectivity index (χ3n) is 1.66. The lowest BCUT2D eigenvalue weighted by atomic mass is 10.3. The van der Waals surface area contributed by atoms with Gasteiger partial charge in [0, 0.05) is 6.07 Å². The van der Waals surface area contributed by atoms with Gasteiger partial charge < -0.3 is 9.47 Å². The Morgan fingerprint density at radius 2 is 2.14 bits per heavy atom. The van der Waals surface area contributed by atoms with Crippen LogP contribution in [-0.4, -0.2) is 13.7 Å². The van der Waals surface area contributed by atoms with Crippen molar-refractivity contribution in [2.45, 2.75) is 6.92 Å². The van der Waals surface area contributed by atoms with E-state index in [1.54, 1.807) is 19.2 Å². The van der Waals surface area contributed by atoms with E-state index in [9.17, 15) is 4.39 Å². The van der Waals surface area contributed by atoms with Crippen LogP contribution in [0, 0.1) is 0 Å². The molecule has 0 aromatic heterocycles. The van der Waals surface area contributed by atoms with Gasteiger partial charge in [-0.1, -0.05) is 6.07 Å². The Hall–Kier alpha value is -1.51. The van der Waals surface area contributed by atoms with Gasteiger partial charge in [-0.3, -0.25) is 0 Å². The summed E-state index contributed by atoms with van der Waals surface area (Å²) in [6, 6.07) is 7.19. The van der Waals surface area contributed by atoms with Crippen molar-refractivity contribution in [1.82, 2.24) is 0 Å². The van der Waals surface area contributed by atoms with E-state index < -0.39 is 0 Å². The molecule has 0 aliphatic heterocycles. The smallest absolute Gasteiger partial charge is 0.123 e. The van der Waals surface area contributed by atoms with Gasteiger partial charge in [0.2, 0.25) is 0 Å². The molecule has 1 aromatic rings. The van der Waals surface area contributed by atoms with Gasteiger partial charge in [0.1, 0.15) is 18.1 Å². The first-order valence-corrected chi connectivity index (χ1v) is 4.31. The molecule has 0 unspecified atom stereocenters. The van der Waals surface area contributed by atoms with Crippen LogP contribution in [0.1, 0.15) is 6.92 Å². The molecule has 1 rings (SSSR count). The van der Waals surface area contributed by atoms with E-state index in [-0.39, 0.29) is 12.4 Å². The molecule has 0 aliphatic carbocycles. The Balaban J connectivity index is 2.54. The summed E-state index contributed by atoms with van der Waals surface area (Å²) in [5, 5.41) is 0. The third-order valence-corrected chi connectivity index (χ3v) is 1.66. The maximum Gasteiger partial charge on any atom is 0.123 e. The average Bonchev–Trinajstić information content (AvgIpc) is 2.18. The first kappa shape index (κ1) is 10.6. The van der Waals surface area contributed by atoms with E-state index in [1.807, 2.05) is 12.1 Å². The molecule has 0 spiro atoms. The fourth-order valence-electron chi connectivity index (χ4n) is 0.944. The highest BCUT2D eigenvalue weighted by Crippen LogP contribution is 2.18. The highest BCUT2D eigenvalue weighted by atomic mass is 19.1. The monoisotopic (exact) mass is 196 g/mol. The molecular formula is C11H13FO2. The number of benzene rings is 1. The number of allylic oxidation sites excluding steroid dienone is 1. The van der Waals surface area contributed by atoms with Gasteiger partial charge in [-0.05, 0) is 25.1 Å². The fourth-order valence-corrected chi connectivity index (χ4v) is 0.944. The number of methoxy groups -OCH3 is 1. The molecule has 0 saturated heterocycles. The van der Waals surface area contributed by atoms with Crippen molar-refractivity contribution in [1.29, 1.82) is 0 Å². The summed E-state index contributed by atoms with van der Waals surface area (Å²) in [7, 11) is 1.59. The second kappa shape index (κ2) is 5.27. The zero-order valence-electron chi connectivity index (χ0n) is 8.29. The Kier molecular flexibility index (Phi) is 3.98. The lowest BCUT2D eigenvalue weighted by Gasteiger charge is -2.04. The van der Waals surface area contributed by atoms with E-state index in [1.165, 1.54) is 13.0 Å². The van der Waals surface area contributed by atoms with Crippen LogP contribution in [0.3, 0.4) is 0 Å². The normalized spacial score (nSPS) is 11.2. The second-order valence-electron chi connectivity index (χ2n) is 2.78. The van der Waals surface area contributed by atoms with Crippen LogP contribution in [0.15, 0.2) is 36.2 Å². The van der Waals surface area contributed by atoms with Gasteiger partial charge in [0.25, 0.3) is 0 Å². The van der Waals surface area contributed by atoms with Crippen LogP contribution in [0.25, 0.3) is 0 Å². The topological polar surface area (TPSA) is 18.5 Å². The van der Waals surface area contributed by atoms with E-state index in [4.69, 9.17) is 9.47 Å². The Morgan fingerprint density at radius 3 is 2.79 bits per heavy atom. The first-order valence-electron chi connectivity index (χ1n) is 4.31. The number of halogens is 1. The SMILES string of the molecule is COc1cccc(OC/C=C(\C)F)c1. The van der Waals surface area contributed by atoms with Crippen LogP contribution < -0.4 is 9.47 Å². The summed E-state index contributed by atoms with van der Waals surface area (Å²) < 4.78 is 22.6. The number of rotatable bonds is 4. The lowest BCUT2D eigenvalue weighted by Crippen LogP contribution is -1.94. The van der Waals surface area contributed by atoms with E-state index in [0.717, 1.165) is 5.75 Å². The molecule has 0 N–H and O–H groups in total. The summed E-state index contributed by atoms with van der Waals surface area (Å²) in [5.74, 6) is 1.15. The van der Waals surface area contributed by atoms with Gasteiger partial charge in [-0.25, -0.2) is 4.39 Å². The highest BCUT2D eigenvalue weighted by molar-refractivity contribution is 5.32. The molecule has 0 bridgehead atoms. The van der Waals surface area contributed by atoms with Crippen molar-refractivity contribution in [3.05, 3.63) is 36.2 Å². The summed E-state index contributed by atoms with van der Waals surface area (Å²) in [5.41, 5.74) is 0. The minimum atomic E-state index is -0.243. The molecule has 76 valence electrons. The van der Waals surface area contributed by atoms with Gasteiger partial charge in [-0.2, -0.15) is 0 Å². The molecule has 0 heterocycles. The minimum Gasteiger partial charge on any atom is -0.497 e. The standard InChI is InChI=1S/C11H13FO2/c1-9(12)6-7-14-11-5-3-4-10(8-11)13-2/h3-6,8H,7H2,1-2H3/b9-6+. The Bertz CT molecular complexity index is 317. The molecular weight excluding hydrogens is 183 g/mol.